The quantitative estimate of drug-likeness (QED) is 0.867. The predicted octanol–water partition coefficient (Wildman–Crippen LogP) is 3.28. The Hall–Kier alpha value is -1.67. The molecule has 0 aliphatic rings. The van der Waals surface area contributed by atoms with Gasteiger partial charge in [-0.2, -0.15) is 0 Å². The summed E-state index contributed by atoms with van der Waals surface area (Å²) in [5.41, 5.74) is 3.79. The Balaban J connectivity index is 1.83. The highest BCUT2D eigenvalue weighted by atomic mass is 14.9. The molecule has 1 unspecified atom stereocenters. The molecule has 0 radical (unpaired) electrons. The van der Waals surface area contributed by atoms with E-state index in [-0.39, 0.29) is 0 Å². The number of rotatable bonds is 5. The summed E-state index contributed by atoms with van der Waals surface area (Å²) in [7, 11) is 0. The fraction of sp³-hybridized carbons (Fsp3) is 0.312. The van der Waals surface area contributed by atoms with Crippen molar-refractivity contribution in [2.75, 3.05) is 6.54 Å². The fourth-order valence-corrected chi connectivity index (χ4v) is 2.02. The molecule has 1 heterocycles. The molecule has 0 aliphatic carbocycles. The minimum absolute atomic E-state index is 0.383. The summed E-state index contributed by atoms with van der Waals surface area (Å²) in [6.45, 7) is 5.28. The lowest BCUT2D eigenvalue weighted by Crippen LogP contribution is -2.21. The summed E-state index contributed by atoms with van der Waals surface area (Å²) in [4.78, 5) is 4.32. The van der Waals surface area contributed by atoms with Gasteiger partial charge >= 0.3 is 0 Å². The van der Waals surface area contributed by atoms with Gasteiger partial charge in [-0.3, -0.25) is 4.98 Å². The van der Waals surface area contributed by atoms with Gasteiger partial charge in [0.1, 0.15) is 0 Å². The summed E-state index contributed by atoms with van der Waals surface area (Å²) in [5, 5.41) is 3.53. The molecule has 2 rings (SSSR count). The zero-order valence-electron chi connectivity index (χ0n) is 11.1. The average Bonchev–Trinajstić information content (AvgIpc) is 2.40. The number of benzene rings is 1. The Labute approximate surface area is 109 Å². The van der Waals surface area contributed by atoms with Crippen molar-refractivity contribution in [3.05, 3.63) is 65.5 Å². The van der Waals surface area contributed by atoms with E-state index < -0.39 is 0 Å². The van der Waals surface area contributed by atoms with Crippen LogP contribution in [-0.2, 0) is 6.42 Å². The van der Waals surface area contributed by atoms with Gasteiger partial charge in [0.2, 0.25) is 0 Å². The first kappa shape index (κ1) is 12.8. The minimum atomic E-state index is 0.383. The van der Waals surface area contributed by atoms with Crippen molar-refractivity contribution in [3.8, 4) is 0 Å². The summed E-state index contributed by atoms with van der Waals surface area (Å²) < 4.78 is 0. The molecular formula is C16H20N2. The van der Waals surface area contributed by atoms with Crippen molar-refractivity contribution < 1.29 is 0 Å². The van der Waals surface area contributed by atoms with Crippen LogP contribution in [0, 0.1) is 6.92 Å². The first-order valence-electron chi connectivity index (χ1n) is 6.45. The van der Waals surface area contributed by atoms with Gasteiger partial charge in [-0.15, -0.1) is 0 Å². The lowest BCUT2D eigenvalue weighted by atomic mass is 10.1. The number of aromatic nitrogens is 1. The highest BCUT2D eigenvalue weighted by molar-refractivity contribution is 5.24. The van der Waals surface area contributed by atoms with Gasteiger partial charge in [-0.25, -0.2) is 0 Å². The third kappa shape index (κ3) is 3.67. The summed E-state index contributed by atoms with van der Waals surface area (Å²) in [6.07, 6.45) is 2.82. The molecule has 18 heavy (non-hydrogen) atoms. The van der Waals surface area contributed by atoms with Gasteiger partial charge in [-0.1, -0.05) is 35.9 Å². The van der Waals surface area contributed by atoms with E-state index in [1.165, 1.54) is 11.1 Å². The number of nitrogens with one attached hydrogen (secondary N) is 1. The molecule has 0 amide bonds. The molecule has 2 nitrogen and oxygen atoms in total. The topological polar surface area (TPSA) is 24.9 Å². The summed E-state index contributed by atoms with van der Waals surface area (Å²) in [6, 6.07) is 15.1. The largest absolute Gasteiger partial charge is 0.310 e. The molecule has 2 aromatic rings. The van der Waals surface area contributed by atoms with E-state index in [1.54, 1.807) is 0 Å². The van der Waals surface area contributed by atoms with E-state index in [9.17, 15) is 0 Å². The Morgan fingerprint density at radius 3 is 2.78 bits per heavy atom. The van der Waals surface area contributed by atoms with E-state index in [4.69, 9.17) is 0 Å². The smallest absolute Gasteiger partial charge is 0.0416 e. The van der Waals surface area contributed by atoms with Gasteiger partial charge in [0, 0.05) is 30.9 Å². The predicted molar refractivity (Wildman–Crippen MR) is 75.5 cm³/mol. The minimum Gasteiger partial charge on any atom is -0.310 e. The van der Waals surface area contributed by atoms with E-state index in [0.29, 0.717) is 6.04 Å². The molecule has 0 aliphatic heterocycles. The van der Waals surface area contributed by atoms with Gasteiger partial charge in [0.05, 0.1) is 0 Å². The molecule has 94 valence electrons. The summed E-state index contributed by atoms with van der Waals surface area (Å²) >= 11 is 0. The van der Waals surface area contributed by atoms with Crippen LogP contribution < -0.4 is 5.32 Å². The monoisotopic (exact) mass is 240 g/mol. The fourth-order valence-electron chi connectivity index (χ4n) is 2.02. The molecule has 1 aromatic carbocycles. The molecule has 2 heteroatoms. The van der Waals surface area contributed by atoms with E-state index in [2.05, 4.69) is 54.5 Å². The van der Waals surface area contributed by atoms with Crippen molar-refractivity contribution in [3.63, 3.8) is 0 Å². The average molecular weight is 240 g/mol. The normalized spacial score (nSPS) is 12.3. The van der Waals surface area contributed by atoms with Crippen LogP contribution in [0.25, 0.3) is 0 Å². The maximum atomic E-state index is 4.32. The number of pyridine rings is 1. The first-order valence-corrected chi connectivity index (χ1v) is 6.45. The van der Waals surface area contributed by atoms with Crippen molar-refractivity contribution in [1.29, 1.82) is 0 Å². The third-order valence-corrected chi connectivity index (χ3v) is 3.10. The van der Waals surface area contributed by atoms with Crippen molar-refractivity contribution in [2.24, 2.45) is 0 Å². The first-order chi connectivity index (χ1) is 8.75. The Bertz CT molecular complexity index is 479. The highest BCUT2D eigenvalue weighted by Crippen LogP contribution is 2.13. The lowest BCUT2D eigenvalue weighted by molar-refractivity contribution is 0.573. The lowest BCUT2D eigenvalue weighted by Gasteiger charge is -2.14. The Morgan fingerprint density at radius 1 is 1.17 bits per heavy atom. The van der Waals surface area contributed by atoms with Crippen LogP contribution in [0.2, 0.25) is 0 Å². The standard InChI is InChI=1S/C16H20N2/c1-13-6-5-7-15(12-13)14(2)17-11-9-16-8-3-4-10-18-16/h3-8,10,12,14,17H,9,11H2,1-2H3. The summed E-state index contributed by atoms with van der Waals surface area (Å²) in [5.74, 6) is 0. The van der Waals surface area contributed by atoms with Gasteiger partial charge in [0.15, 0.2) is 0 Å². The van der Waals surface area contributed by atoms with Gasteiger partial charge in [0.25, 0.3) is 0 Å². The zero-order valence-corrected chi connectivity index (χ0v) is 11.1. The van der Waals surface area contributed by atoms with Gasteiger partial charge in [-0.05, 0) is 31.5 Å². The highest BCUT2D eigenvalue weighted by Gasteiger charge is 2.04. The molecule has 1 N–H and O–H groups in total. The second-order valence-electron chi connectivity index (χ2n) is 4.66. The maximum absolute atomic E-state index is 4.32. The second kappa shape index (κ2) is 6.31. The maximum Gasteiger partial charge on any atom is 0.0416 e. The second-order valence-corrected chi connectivity index (χ2v) is 4.66. The van der Waals surface area contributed by atoms with Crippen LogP contribution in [0.5, 0.6) is 0 Å². The number of nitrogens with zero attached hydrogens (tertiary/aromatic N) is 1. The molecule has 0 saturated heterocycles. The third-order valence-electron chi connectivity index (χ3n) is 3.10. The van der Waals surface area contributed by atoms with Crippen LogP contribution in [-0.4, -0.2) is 11.5 Å². The SMILES string of the molecule is Cc1cccc(C(C)NCCc2ccccn2)c1. The molecule has 1 atom stereocenters. The molecule has 0 saturated carbocycles. The number of hydrogen-bond acceptors (Lipinski definition) is 2. The van der Waals surface area contributed by atoms with Crippen LogP contribution in [0.15, 0.2) is 48.7 Å². The van der Waals surface area contributed by atoms with Crippen LogP contribution in [0.3, 0.4) is 0 Å². The van der Waals surface area contributed by atoms with E-state index >= 15 is 0 Å². The van der Waals surface area contributed by atoms with Crippen LogP contribution in [0.4, 0.5) is 0 Å². The Kier molecular flexibility index (Phi) is 4.48. The Morgan fingerprint density at radius 2 is 2.06 bits per heavy atom. The molecular weight excluding hydrogens is 220 g/mol. The zero-order chi connectivity index (χ0) is 12.8. The van der Waals surface area contributed by atoms with Crippen molar-refractivity contribution in [1.82, 2.24) is 10.3 Å². The number of hydrogen-bond donors (Lipinski definition) is 1. The van der Waals surface area contributed by atoms with Crippen molar-refractivity contribution >= 4 is 0 Å². The molecule has 0 spiro atoms. The van der Waals surface area contributed by atoms with E-state index in [1.807, 2.05) is 18.3 Å². The van der Waals surface area contributed by atoms with Gasteiger partial charge < -0.3 is 5.32 Å². The molecule has 0 bridgehead atoms. The van der Waals surface area contributed by atoms with E-state index in [0.717, 1.165) is 18.7 Å². The van der Waals surface area contributed by atoms with Crippen LogP contribution in [0.1, 0.15) is 29.8 Å². The molecule has 1 aromatic heterocycles. The molecule has 0 fully saturated rings. The van der Waals surface area contributed by atoms with Crippen molar-refractivity contribution in [2.45, 2.75) is 26.3 Å². The van der Waals surface area contributed by atoms with Crippen LogP contribution >= 0.6 is 0 Å². The number of aryl methyl sites for hydroxylation is 1.